The van der Waals surface area contributed by atoms with Crippen LogP contribution in [0.2, 0.25) is 0 Å². The van der Waals surface area contributed by atoms with Crippen LogP contribution in [0.3, 0.4) is 0 Å². The molecule has 1 unspecified atom stereocenters. The molecule has 3 nitrogen and oxygen atoms in total. The van der Waals surface area contributed by atoms with Gasteiger partial charge < -0.3 is 5.73 Å². The summed E-state index contributed by atoms with van der Waals surface area (Å²) >= 11 is 1.28. The number of rotatable bonds is 3. The average molecular weight is 170 g/mol. The molecule has 0 amide bonds. The number of nitrogens with zero attached hydrogens (tertiary/aromatic N) is 1. The van der Waals surface area contributed by atoms with Crippen LogP contribution in [-0.2, 0) is 0 Å². The fourth-order valence-electron chi connectivity index (χ4n) is 0.718. The van der Waals surface area contributed by atoms with E-state index in [-0.39, 0.29) is 11.7 Å². The number of hydrogen-bond acceptors (Lipinski definition) is 4. The number of nitrogens with two attached hydrogens (primary N) is 1. The maximum Gasteiger partial charge on any atom is 0.169 e. The molecule has 0 aliphatic heterocycles. The van der Waals surface area contributed by atoms with Gasteiger partial charge in [-0.15, -0.1) is 0 Å². The van der Waals surface area contributed by atoms with Gasteiger partial charge in [-0.3, -0.25) is 4.79 Å². The first-order valence-electron chi connectivity index (χ1n) is 3.39. The molecule has 0 aliphatic rings. The van der Waals surface area contributed by atoms with Crippen LogP contribution in [0.4, 0.5) is 0 Å². The standard InChI is InChI=1S/C7H10N2OS/c1-5(2-8)7(10)6-3-9-11-4-6/h3-5H,2,8H2,1H3. The zero-order valence-corrected chi connectivity index (χ0v) is 7.10. The van der Waals surface area contributed by atoms with Crippen molar-refractivity contribution in [2.45, 2.75) is 6.92 Å². The van der Waals surface area contributed by atoms with Crippen LogP contribution in [0, 0.1) is 5.92 Å². The zero-order chi connectivity index (χ0) is 8.27. The van der Waals surface area contributed by atoms with Crippen molar-refractivity contribution in [1.82, 2.24) is 4.37 Å². The predicted octanol–water partition coefficient (Wildman–Crippen LogP) is 0.921. The van der Waals surface area contributed by atoms with Gasteiger partial charge in [0.1, 0.15) is 0 Å². The Balaban J connectivity index is 2.70. The number of carbonyl (C=O) groups is 1. The smallest absolute Gasteiger partial charge is 0.169 e. The van der Waals surface area contributed by atoms with E-state index in [0.29, 0.717) is 12.1 Å². The largest absolute Gasteiger partial charge is 0.330 e. The molecule has 0 bridgehead atoms. The van der Waals surface area contributed by atoms with E-state index >= 15 is 0 Å². The first-order valence-corrected chi connectivity index (χ1v) is 4.23. The first kappa shape index (κ1) is 8.36. The fourth-order valence-corrected chi connectivity index (χ4v) is 1.24. The highest BCUT2D eigenvalue weighted by Gasteiger charge is 2.13. The van der Waals surface area contributed by atoms with Crippen LogP contribution < -0.4 is 5.73 Å². The molecule has 1 atom stereocenters. The van der Waals surface area contributed by atoms with Gasteiger partial charge in [-0.2, -0.15) is 0 Å². The van der Waals surface area contributed by atoms with Gasteiger partial charge >= 0.3 is 0 Å². The van der Waals surface area contributed by atoms with Crippen LogP contribution in [0.1, 0.15) is 17.3 Å². The summed E-state index contributed by atoms with van der Waals surface area (Å²) in [6.07, 6.45) is 1.58. The van der Waals surface area contributed by atoms with Crippen molar-refractivity contribution in [3.63, 3.8) is 0 Å². The Kier molecular flexibility index (Phi) is 2.73. The number of Topliss-reactive ketones (excluding diaryl/α,β-unsaturated/α-hetero) is 1. The van der Waals surface area contributed by atoms with E-state index in [9.17, 15) is 4.79 Å². The topological polar surface area (TPSA) is 56.0 Å². The van der Waals surface area contributed by atoms with Gasteiger partial charge in [0.05, 0.1) is 6.20 Å². The van der Waals surface area contributed by atoms with Crippen molar-refractivity contribution < 1.29 is 4.79 Å². The van der Waals surface area contributed by atoms with E-state index in [4.69, 9.17) is 5.73 Å². The Morgan fingerprint density at radius 3 is 3.09 bits per heavy atom. The van der Waals surface area contributed by atoms with Crippen molar-refractivity contribution in [2.75, 3.05) is 6.54 Å². The zero-order valence-electron chi connectivity index (χ0n) is 6.28. The maximum atomic E-state index is 11.3. The van der Waals surface area contributed by atoms with Crippen LogP contribution >= 0.6 is 11.5 Å². The summed E-state index contributed by atoms with van der Waals surface area (Å²) in [6.45, 7) is 2.22. The lowest BCUT2D eigenvalue weighted by atomic mass is 10.0. The van der Waals surface area contributed by atoms with Crippen LogP contribution in [0.25, 0.3) is 0 Å². The van der Waals surface area contributed by atoms with Gasteiger partial charge in [0, 0.05) is 23.4 Å². The maximum absolute atomic E-state index is 11.3. The summed E-state index contributed by atoms with van der Waals surface area (Å²) in [5, 5.41) is 1.74. The number of carbonyl (C=O) groups excluding carboxylic acids is 1. The van der Waals surface area contributed by atoms with Gasteiger partial charge in [0.2, 0.25) is 0 Å². The molecule has 2 N–H and O–H groups in total. The minimum Gasteiger partial charge on any atom is -0.330 e. The molecule has 1 aromatic heterocycles. The lowest BCUT2D eigenvalue weighted by molar-refractivity contribution is 0.0934. The molecule has 0 saturated carbocycles. The van der Waals surface area contributed by atoms with Crippen molar-refractivity contribution in [2.24, 2.45) is 11.7 Å². The second-order valence-corrected chi connectivity index (χ2v) is 3.07. The molecule has 0 fully saturated rings. The molecule has 0 aromatic carbocycles. The molecule has 11 heavy (non-hydrogen) atoms. The molecule has 60 valence electrons. The van der Waals surface area contributed by atoms with E-state index in [1.54, 1.807) is 11.6 Å². The van der Waals surface area contributed by atoms with E-state index < -0.39 is 0 Å². The van der Waals surface area contributed by atoms with Gasteiger partial charge in [-0.25, -0.2) is 4.37 Å². The first-order chi connectivity index (χ1) is 5.25. The van der Waals surface area contributed by atoms with E-state index in [2.05, 4.69) is 4.37 Å². The third-order valence-electron chi connectivity index (χ3n) is 1.52. The number of aromatic nitrogens is 1. The second kappa shape index (κ2) is 3.59. The number of hydrogen-bond donors (Lipinski definition) is 1. The van der Waals surface area contributed by atoms with Gasteiger partial charge in [-0.1, -0.05) is 6.92 Å². The summed E-state index contributed by atoms with van der Waals surface area (Å²) < 4.78 is 3.84. The van der Waals surface area contributed by atoms with E-state index in [1.165, 1.54) is 11.5 Å². The van der Waals surface area contributed by atoms with E-state index in [1.807, 2.05) is 6.92 Å². The Hall–Kier alpha value is -0.740. The molecule has 0 spiro atoms. The molecule has 1 rings (SSSR count). The average Bonchev–Trinajstić information content (AvgIpc) is 2.53. The minimum absolute atomic E-state index is 0.0845. The highest BCUT2D eigenvalue weighted by atomic mass is 32.1. The van der Waals surface area contributed by atoms with Crippen LogP contribution in [0.5, 0.6) is 0 Å². The third-order valence-corrected chi connectivity index (χ3v) is 2.10. The molecule has 0 aliphatic carbocycles. The highest BCUT2D eigenvalue weighted by Crippen LogP contribution is 2.08. The van der Waals surface area contributed by atoms with Gasteiger partial charge in [0.25, 0.3) is 0 Å². The summed E-state index contributed by atoms with van der Waals surface area (Å²) in [7, 11) is 0. The molecule has 0 saturated heterocycles. The predicted molar refractivity (Wildman–Crippen MR) is 44.7 cm³/mol. The lowest BCUT2D eigenvalue weighted by Gasteiger charge is -2.03. The molecule has 1 aromatic rings. The fraction of sp³-hybridized carbons (Fsp3) is 0.429. The Morgan fingerprint density at radius 2 is 2.64 bits per heavy atom. The molecular formula is C7H10N2OS. The van der Waals surface area contributed by atoms with Crippen molar-refractivity contribution >= 4 is 17.3 Å². The summed E-state index contributed by atoms with van der Waals surface area (Å²) in [4.78, 5) is 11.3. The van der Waals surface area contributed by atoms with Gasteiger partial charge in [-0.05, 0) is 11.5 Å². The molecule has 1 heterocycles. The van der Waals surface area contributed by atoms with Crippen LogP contribution in [0.15, 0.2) is 11.6 Å². The highest BCUT2D eigenvalue weighted by molar-refractivity contribution is 7.03. The Morgan fingerprint density at radius 1 is 1.91 bits per heavy atom. The Bertz CT molecular complexity index is 233. The summed E-state index contributed by atoms with van der Waals surface area (Å²) in [5.41, 5.74) is 6.02. The Labute approximate surface area is 69.4 Å². The summed E-state index contributed by atoms with van der Waals surface area (Å²) in [6, 6.07) is 0. The van der Waals surface area contributed by atoms with Crippen molar-refractivity contribution in [3.05, 3.63) is 17.1 Å². The third kappa shape index (κ3) is 1.85. The van der Waals surface area contributed by atoms with Crippen LogP contribution in [-0.4, -0.2) is 16.7 Å². The quantitative estimate of drug-likeness (QED) is 0.686. The SMILES string of the molecule is CC(CN)C(=O)c1cnsc1. The molecule has 0 radical (unpaired) electrons. The van der Waals surface area contributed by atoms with Crippen molar-refractivity contribution in [1.29, 1.82) is 0 Å². The lowest BCUT2D eigenvalue weighted by Crippen LogP contribution is -2.20. The normalized spacial score (nSPS) is 12.9. The second-order valence-electron chi connectivity index (χ2n) is 2.41. The molecular weight excluding hydrogens is 160 g/mol. The summed E-state index contributed by atoms with van der Waals surface area (Å²) in [5.74, 6) is -0.00681. The minimum atomic E-state index is -0.0913. The van der Waals surface area contributed by atoms with Gasteiger partial charge in [0.15, 0.2) is 5.78 Å². The molecule has 4 heteroatoms. The van der Waals surface area contributed by atoms with Crippen molar-refractivity contribution in [3.8, 4) is 0 Å². The van der Waals surface area contributed by atoms with E-state index in [0.717, 1.165) is 0 Å². The monoisotopic (exact) mass is 170 g/mol. The number of ketones is 1.